The largest absolute Gasteiger partial charge is 0.497 e. The SMILES string of the molecule is COc1ccc(S(=O)(=O)CCCC(=O)N=c2sc3cccc(Br)c3n2C)cc1. The molecular weight excluding hydrogens is 464 g/mol. The van der Waals surface area contributed by atoms with E-state index >= 15 is 0 Å². The number of amides is 1. The van der Waals surface area contributed by atoms with Gasteiger partial charge in [-0.25, -0.2) is 8.42 Å². The minimum atomic E-state index is -3.45. The molecule has 28 heavy (non-hydrogen) atoms. The summed E-state index contributed by atoms with van der Waals surface area (Å²) in [6, 6.07) is 12.1. The maximum absolute atomic E-state index is 12.4. The van der Waals surface area contributed by atoms with Crippen molar-refractivity contribution in [3.05, 3.63) is 51.7 Å². The second-order valence-corrected chi connectivity index (χ2v) is 10.1. The first-order chi connectivity index (χ1) is 13.3. The summed E-state index contributed by atoms with van der Waals surface area (Å²) in [6.07, 6.45) is 0.291. The van der Waals surface area contributed by atoms with Gasteiger partial charge in [0.05, 0.1) is 28.0 Å². The van der Waals surface area contributed by atoms with E-state index < -0.39 is 9.84 Å². The number of hydrogen-bond acceptors (Lipinski definition) is 5. The second kappa shape index (κ2) is 8.59. The van der Waals surface area contributed by atoms with Gasteiger partial charge >= 0.3 is 0 Å². The lowest BCUT2D eigenvalue weighted by molar-refractivity contribution is -0.118. The third-order valence-electron chi connectivity index (χ3n) is 4.22. The number of benzene rings is 2. The zero-order valence-corrected chi connectivity index (χ0v) is 18.6. The van der Waals surface area contributed by atoms with Crippen LogP contribution in [0.25, 0.3) is 10.2 Å². The van der Waals surface area contributed by atoms with Crippen LogP contribution in [0.3, 0.4) is 0 Å². The van der Waals surface area contributed by atoms with Crippen molar-refractivity contribution < 1.29 is 17.9 Å². The van der Waals surface area contributed by atoms with Crippen LogP contribution in [0.2, 0.25) is 0 Å². The zero-order valence-electron chi connectivity index (χ0n) is 15.4. The lowest BCUT2D eigenvalue weighted by atomic mass is 10.3. The molecule has 0 atom stereocenters. The molecular formula is C19H19BrN2O4S2. The first-order valence-corrected chi connectivity index (χ1v) is 11.8. The number of fused-ring (bicyclic) bond motifs is 1. The highest BCUT2D eigenvalue weighted by Gasteiger charge is 2.15. The van der Waals surface area contributed by atoms with Crippen LogP contribution in [0, 0.1) is 0 Å². The Bertz CT molecular complexity index is 1180. The van der Waals surface area contributed by atoms with Gasteiger partial charge in [-0.05, 0) is 58.7 Å². The van der Waals surface area contributed by atoms with Gasteiger partial charge in [0, 0.05) is 17.9 Å². The molecule has 1 amide bonds. The van der Waals surface area contributed by atoms with Crippen LogP contribution >= 0.6 is 27.3 Å². The Labute approximate surface area is 175 Å². The number of methoxy groups -OCH3 is 1. The molecule has 1 heterocycles. The number of thiazole rings is 1. The second-order valence-electron chi connectivity index (χ2n) is 6.13. The predicted molar refractivity (Wildman–Crippen MR) is 113 cm³/mol. The average molecular weight is 483 g/mol. The monoisotopic (exact) mass is 482 g/mol. The smallest absolute Gasteiger partial charge is 0.248 e. The van der Waals surface area contributed by atoms with E-state index in [-0.39, 0.29) is 29.4 Å². The fourth-order valence-corrected chi connectivity index (χ4v) is 5.88. The number of ether oxygens (including phenoxy) is 1. The molecule has 0 aliphatic rings. The fraction of sp³-hybridized carbons (Fsp3) is 0.263. The zero-order chi connectivity index (χ0) is 20.3. The number of carbonyl (C=O) groups excluding carboxylic acids is 1. The highest BCUT2D eigenvalue weighted by molar-refractivity contribution is 9.10. The molecule has 3 aromatic rings. The third-order valence-corrected chi connectivity index (χ3v) is 7.77. The van der Waals surface area contributed by atoms with Gasteiger partial charge in [0.15, 0.2) is 14.6 Å². The molecule has 3 rings (SSSR count). The number of sulfone groups is 1. The van der Waals surface area contributed by atoms with Gasteiger partial charge in [0.2, 0.25) is 5.91 Å². The number of carbonyl (C=O) groups is 1. The molecule has 1 aromatic heterocycles. The molecule has 0 saturated heterocycles. The Morgan fingerprint density at radius 1 is 1.21 bits per heavy atom. The van der Waals surface area contributed by atoms with Crippen molar-refractivity contribution in [3.63, 3.8) is 0 Å². The Kier molecular flexibility index (Phi) is 6.36. The van der Waals surface area contributed by atoms with E-state index in [0.29, 0.717) is 10.6 Å². The lowest BCUT2D eigenvalue weighted by Gasteiger charge is -2.05. The molecule has 0 spiro atoms. The number of rotatable bonds is 6. The maximum Gasteiger partial charge on any atom is 0.248 e. The standard InChI is InChI=1S/C19H19BrN2O4S2/c1-22-18-15(20)5-3-6-16(18)27-19(22)21-17(23)7-4-12-28(24,25)14-10-8-13(26-2)9-11-14/h3,5-6,8-11H,4,7,12H2,1-2H3. The van der Waals surface area contributed by atoms with E-state index in [1.54, 1.807) is 12.1 Å². The molecule has 0 aliphatic heterocycles. The van der Waals surface area contributed by atoms with Crippen molar-refractivity contribution in [2.75, 3.05) is 12.9 Å². The van der Waals surface area contributed by atoms with Crippen molar-refractivity contribution in [1.82, 2.24) is 4.57 Å². The maximum atomic E-state index is 12.4. The average Bonchev–Trinajstić information content (AvgIpc) is 2.98. The molecule has 9 heteroatoms. The summed E-state index contributed by atoms with van der Waals surface area (Å²) in [5.41, 5.74) is 0.973. The fourth-order valence-electron chi connectivity index (χ4n) is 2.74. The highest BCUT2D eigenvalue weighted by Crippen LogP contribution is 2.25. The molecule has 6 nitrogen and oxygen atoms in total. The van der Waals surface area contributed by atoms with Crippen LogP contribution in [-0.2, 0) is 21.7 Å². The number of nitrogens with zero attached hydrogens (tertiary/aromatic N) is 2. The van der Waals surface area contributed by atoms with Crippen LogP contribution in [-0.4, -0.2) is 31.8 Å². The summed E-state index contributed by atoms with van der Waals surface area (Å²) in [4.78, 5) is 17.2. The molecule has 0 saturated carbocycles. The van der Waals surface area contributed by atoms with Crippen LogP contribution in [0.4, 0.5) is 0 Å². The molecule has 0 fully saturated rings. The molecule has 2 aromatic carbocycles. The van der Waals surface area contributed by atoms with Crippen LogP contribution in [0.1, 0.15) is 12.8 Å². The van der Waals surface area contributed by atoms with Gasteiger partial charge in [-0.15, -0.1) is 0 Å². The third kappa shape index (κ3) is 4.53. The molecule has 0 N–H and O–H groups in total. The van der Waals surface area contributed by atoms with E-state index in [0.717, 1.165) is 14.7 Å². The van der Waals surface area contributed by atoms with Gasteiger partial charge in [-0.3, -0.25) is 4.79 Å². The van der Waals surface area contributed by atoms with E-state index in [1.807, 2.05) is 29.8 Å². The first-order valence-electron chi connectivity index (χ1n) is 8.50. The number of hydrogen-bond donors (Lipinski definition) is 0. The minimum absolute atomic E-state index is 0.0742. The molecule has 0 radical (unpaired) electrons. The van der Waals surface area contributed by atoms with Gasteiger partial charge < -0.3 is 9.30 Å². The summed E-state index contributed by atoms with van der Waals surface area (Å²) >= 11 is 4.93. The molecule has 0 aliphatic carbocycles. The van der Waals surface area contributed by atoms with E-state index in [9.17, 15) is 13.2 Å². The molecule has 0 unspecified atom stereocenters. The Morgan fingerprint density at radius 3 is 2.57 bits per heavy atom. The van der Waals surface area contributed by atoms with Crippen LogP contribution in [0.15, 0.2) is 56.8 Å². The van der Waals surface area contributed by atoms with Crippen molar-refractivity contribution in [1.29, 1.82) is 0 Å². The van der Waals surface area contributed by atoms with E-state index in [2.05, 4.69) is 20.9 Å². The van der Waals surface area contributed by atoms with E-state index in [4.69, 9.17) is 4.74 Å². The highest BCUT2D eigenvalue weighted by atomic mass is 79.9. The molecule has 148 valence electrons. The number of aromatic nitrogens is 1. The van der Waals surface area contributed by atoms with Gasteiger partial charge in [-0.1, -0.05) is 17.4 Å². The first kappa shape index (κ1) is 20.8. The summed E-state index contributed by atoms with van der Waals surface area (Å²) in [6.45, 7) is 0. The van der Waals surface area contributed by atoms with Crippen molar-refractivity contribution in [3.8, 4) is 5.75 Å². The molecule has 0 bridgehead atoms. The van der Waals surface area contributed by atoms with Crippen molar-refractivity contribution >= 4 is 53.2 Å². The van der Waals surface area contributed by atoms with Gasteiger partial charge in [0.1, 0.15) is 5.75 Å². The topological polar surface area (TPSA) is 77.7 Å². The van der Waals surface area contributed by atoms with Gasteiger partial charge in [-0.2, -0.15) is 4.99 Å². The summed E-state index contributed by atoms with van der Waals surface area (Å²) in [5.74, 6) is 0.156. The van der Waals surface area contributed by atoms with Crippen molar-refractivity contribution in [2.24, 2.45) is 12.0 Å². The Morgan fingerprint density at radius 2 is 1.93 bits per heavy atom. The van der Waals surface area contributed by atoms with Gasteiger partial charge in [0.25, 0.3) is 0 Å². The minimum Gasteiger partial charge on any atom is -0.497 e. The number of halogens is 1. The number of aryl methyl sites for hydroxylation is 1. The van der Waals surface area contributed by atoms with Crippen LogP contribution < -0.4 is 9.54 Å². The summed E-state index contributed by atoms with van der Waals surface area (Å²) in [5, 5.41) is 0. The summed E-state index contributed by atoms with van der Waals surface area (Å²) < 4.78 is 33.6. The Balaban J connectivity index is 1.68. The van der Waals surface area contributed by atoms with Crippen LogP contribution in [0.5, 0.6) is 5.75 Å². The normalized spacial score (nSPS) is 12.5. The Hall–Kier alpha value is -1.97. The summed E-state index contributed by atoms with van der Waals surface area (Å²) in [7, 11) is -0.0736. The predicted octanol–water partition coefficient (Wildman–Crippen LogP) is 3.69. The number of para-hydroxylation sites is 1. The van der Waals surface area contributed by atoms with E-state index in [1.165, 1.54) is 30.6 Å². The lowest BCUT2D eigenvalue weighted by Crippen LogP contribution is -2.14. The quantitative estimate of drug-likeness (QED) is 0.536. The van der Waals surface area contributed by atoms with Crippen molar-refractivity contribution in [2.45, 2.75) is 17.7 Å².